The van der Waals surface area contributed by atoms with Crippen LogP contribution >= 0.6 is 18.6 Å². The van der Waals surface area contributed by atoms with Crippen molar-refractivity contribution in [2.24, 2.45) is 10.8 Å². The van der Waals surface area contributed by atoms with Gasteiger partial charge in [0.05, 0.1) is 0 Å². The second-order valence-corrected chi connectivity index (χ2v) is 9.65. The van der Waals surface area contributed by atoms with Crippen LogP contribution in [0.2, 0.25) is 0 Å². The zero-order chi connectivity index (χ0) is 17.4. The fraction of sp³-hybridized carbons (Fsp3) is 0.444. The third-order valence-corrected chi connectivity index (χ3v) is 2.97. The fourth-order valence-corrected chi connectivity index (χ4v) is 2.19. The van der Waals surface area contributed by atoms with Gasteiger partial charge in [0, 0.05) is 11.8 Å². The predicted octanol–water partition coefficient (Wildman–Crippen LogP) is 6.35. The predicted molar refractivity (Wildman–Crippen MR) is 96.6 cm³/mol. The Kier molecular flexibility index (Phi) is 10.5. The number of rotatable bonds is 0. The van der Waals surface area contributed by atoms with Crippen molar-refractivity contribution in [2.45, 2.75) is 41.5 Å². The molecule has 0 aromatic rings. The molecule has 0 amide bonds. The van der Waals surface area contributed by atoms with Crippen molar-refractivity contribution in [3.8, 4) is 0 Å². The molecule has 0 heterocycles. The average Bonchev–Trinajstić information content (AvgIpc) is 2.85. The van der Waals surface area contributed by atoms with Crippen LogP contribution in [0.3, 0.4) is 0 Å². The van der Waals surface area contributed by atoms with Gasteiger partial charge in [0.2, 0.25) is 0 Å². The van der Waals surface area contributed by atoms with Crippen molar-refractivity contribution in [1.29, 1.82) is 0 Å². The summed E-state index contributed by atoms with van der Waals surface area (Å²) in [5.74, 6) is 2.66. The van der Waals surface area contributed by atoms with Crippen molar-refractivity contribution < 1.29 is 17.0 Å². The maximum atomic E-state index is 9.64. The van der Waals surface area contributed by atoms with E-state index in [2.05, 4.69) is 43.6 Å². The molecule has 121 valence electrons. The van der Waals surface area contributed by atoms with Gasteiger partial charge in [-0.1, -0.05) is 65.8 Å². The molecule has 1 fully saturated rings. The molecular weight excluding hydrogens is 349 g/mol. The van der Waals surface area contributed by atoms with Crippen LogP contribution in [0.25, 0.3) is 5.41 Å². The van der Waals surface area contributed by atoms with Crippen LogP contribution in [0.1, 0.15) is 41.5 Å². The molecule has 0 aromatic carbocycles. The zero-order valence-corrected chi connectivity index (χ0v) is 17.3. The Morgan fingerprint density at radius 2 is 1.18 bits per heavy atom. The number of allylic oxidation sites excluding steroid dienone is 4. The van der Waals surface area contributed by atoms with E-state index in [4.69, 9.17) is 18.6 Å². The molecule has 0 unspecified atom stereocenters. The Labute approximate surface area is 154 Å². The van der Waals surface area contributed by atoms with Crippen LogP contribution in [0.4, 0.5) is 0 Å². The van der Waals surface area contributed by atoms with E-state index in [-0.39, 0.29) is 10.8 Å². The molecule has 0 bridgehead atoms. The number of fused-ring (bicyclic) bond motifs is 1. The van der Waals surface area contributed by atoms with Gasteiger partial charge in [-0.25, -0.2) is 0 Å². The first-order valence-corrected chi connectivity index (χ1v) is 11.5. The van der Waals surface area contributed by atoms with Crippen LogP contribution in [-0.2, 0) is 17.0 Å². The summed E-state index contributed by atoms with van der Waals surface area (Å²) in [4.78, 5) is 0. The number of nitrogens with zero attached hydrogens (tertiary/aromatic N) is 1. The first kappa shape index (κ1) is 22.4. The van der Waals surface area contributed by atoms with Crippen LogP contribution in [0, 0.1) is 41.9 Å². The van der Waals surface area contributed by atoms with Gasteiger partial charge in [0.1, 0.15) is 0 Å². The molecule has 0 saturated heterocycles. The van der Waals surface area contributed by atoms with Crippen LogP contribution in [-0.4, -0.2) is 5.71 Å². The summed E-state index contributed by atoms with van der Waals surface area (Å²) >= 11 is -0.556. The molecule has 0 atom stereocenters. The molecule has 0 aromatic heterocycles. The van der Waals surface area contributed by atoms with Crippen molar-refractivity contribution in [3.63, 3.8) is 0 Å². The monoisotopic (exact) mass is 373 g/mol. The Morgan fingerprint density at radius 1 is 0.864 bits per heavy atom. The molecule has 2 aliphatic rings. The van der Waals surface area contributed by atoms with Crippen molar-refractivity contribution in [3.05, 3.63) is 60.8 Å². The molecule has 0 spiro atoms. The van der Waals surface area contributed by atoms with E-state index < -0.39 is 17.0 Å². The van der Waals surface area contributed by atoms with Gasteiger partial charge < -0.3 is 5.41 Å². The molecule has 1 saturated carbocycles. The fourth-order valence-electron chi connectivity index (χ4n) is 2.19. The van der Waals surface area contributed by atoms with E-state index in [0.29, 0.717) is 5.71 Å². The van der Waals surface area contributed by atoms with E-state index >= 15 is 0 Å². The Balaban J connectivity index is 0.000000341. The molecular formula is C18H25Cl2NTi-. The summed E-state index contributed by atoms with van der Waals surface area (Å²) < 4.78 is 0. The maximum absolute atomic E-state index is 9.64. The first-order chi connectivity index (χ1) is 10.0. The minimum absolute atomic E-state index is 0.0851. The zero-order valence-electron chi connectivity index (χ0n) is 14.2. The van der Waals surface area contributed by atoms with Crippen LogP contribution in [0.5, 0.6) is 0 Å². The van der Waals surface area contributed by atoms with Crippen LogP contribution in [0.15, 0.2) is 24.3 Å². The summed E-state index contributed by atoms with van der Waals surface area (Å²) in [5, 5.41) is 9.64. The summed E-state index contributed by atoms with van der Waals surface area (Å²) in [6.45, 7) is 12.1. The SMILES string of the molecule is CC(C)(C)C(=[N-])C(C)(C)C.[CH]1[CH][C]2C=CC=C[C]2[CH]1.[Cl][Ti][Cl]. The summed E-state index contributed by atoms with van der Waals surface area (Å²) in [6.07, 6.45) is 14.7. The summed E-state index contributed by atoms with van der Waals surface area (Å²) in [7, 11) is 9.78. The van der Waals surface area contributed by atoms with E-state index in [1.165, 1.54) is 11.8 Å². The normalized spacial score (nSPS) is 17.8. The van der Waals surface area contributed by atoms with Crippen molar-refractivity contribution in [1.82, 2.24) is 0 Å². The third kappa shape index (κ3) is 8.92. The van der Waals surface area contributed by atoms with E-state index in [0.717, 1.165) is 0 Å². The van der Waals surface area contributed by atoms with Crippen LogP contribution < -0.4 is 0 Å². The third-order valence-electron chi connectivity index (χ3n) is 2.97. The van der Waals surface area contributed by atoms with Gasteiger partial charge in [0.15, 0.2) is 0 Å². The molecule has 1 nitrogen and oxygen atoms in total. The number of halogens is 2. The molecule has 2 rings (SSSR count). The minimum atomic E-state index is -0.556. The van der Waals surface area contributed by atoms with Gasteiger partial charge in [-0.05, 0) is 30.1 Å². The second-order valence-electron chi connectivity index (χ2n) is 7.07. The van der Waals surface area contributed by atoms with Crippen molar-refractivity contribution >= 4 is 24.3 Å². The topological polar surface area (TPSA) is 22.3 Å². The number of hydrogen-bond donors (Lipinski definition) is 0. The first-order valence-electron chi connectivity index (χ1n) is 7.17. The molecule has 2 aliphatic carbocycles. The summed E-state index contributed by atoms with van der Waals surface area (Å²) in [5.41, 5.74) is 0.399. The van der Waals surface area contributed by atoms with Gasteiger partial charge in [0.25, 0.3) is 0 Å². The Hall–Kier alpha value is 0.444. The molecule has 5 radical (unpaired) electrons. The Bertz CT molecular complexity index is 355. The van der Waals surface area contributed by atoms with Gasteiger partial charge >= 0.3 is 35.6 Å². The van der Waals surface area contributed by atoms with Crippen molar-refractivity contribution in [2.75, 3.05) is 0 Å². The standard InChI is InChI=1S/C9H18N.C9H7.2ClH.Ti/c1-8(2,3)7(10)9(4,5)6;1-2-5-9-7-3-6-8(9)4-1;;;/h1-6H3;1-7H;2*1H;/q-1;;;;+2/p-2. The van der Waals surface area contributed by atoms with Gasteiger partial charge in [-0.3, -0.25) is 0 Å². The van der Waals surface area contributed by atoms with E-state index in [1.807, 2.05) is 41.5 Å². The molecule has 0 N–H and O–H groups in total. The van der Waals surface area contributed by atoms with E-state index in [1.54, 1.807) is 0 Å². The van der Waals surface area contributed by atoms with Gasteiger partial charge in [-0.15, -0.1) is 0 Å². The molecule has 4 heteroatoms. The average molecular weight is 374 g/mol. The summed E-state index contributed by atoms with van der Waals surface area (Å²) in [6, 6.07) is 0. The number of hydrogen-bond acceptors (Lipinski definition) is 0. The quantitative estimate of drug-likeness (QED) is 0.348. The molecule has 22 heavy (non-hydrogen) atoms. The Morgan fingerprint density at radius 3 is 1.41 bits per heavy atom. The van der Waals surface area contributed by atoms with E-state index in [9.17, 15) is 5.41 Å². The molecule has 0 aliphatic heterocycles. The van der Waals surface area contributed by atoms with Gasteiger partial charge in [-0.2, -0.15) is 5.71 Å². The second kappa shape index (κ2) is 10.3.